The van der Waals surface area contributed by atoms with Gasteiger partial charge >= 0.3 is 0 Å². The highest BCUT2D eigenvalue weighted by molar-refractivity contribution is 7.98. The van der Waals surface area contributed by atoms with E-state index in [2.05, 4.69) is 10.3 Å². The van der Waals surface area contributed by atoms with Crippen molar-refractivity contribution in [3.8, 4) is 5.69 Å². The van der Waals surface area contributed by atoms with Gasteiger partial charge in [-0.3, -0.25) is 9.59 Å². The second-order valence-electron chi connectivity index (χ2n) is 7.40. The van der Waals surface area contributed by atoms with Crippen molar-refractivity contribution in [2.75, 3.05) is 17.7 Å². The summed E-state index contributed by atoms with van der Waals surface area (Å²) in [7, 11) is 0. The largest absolute Gasteiger partial charge is 0.349 e. The highest BCUT2D eigenvalue weighted by atomic mass is 32.2. The Morgan fingerprint density at radius 2 is 2.00 bits per heavy atom. The summed E-state index contributed by atoms with van der Waals surface area (Å²) in [6, 6.07) is 15.7. The normalized spacial score (nSPS) is 17.2. The van der Waals surface area contributed by atoms with E-state index in [0.29, 0.717) is 6.54 Å². The molecule has 154 valence electrons. The van der Waals surface area contributed by atoms with Gasteiger partial charge in [-0.1, -0.05) is 18.2 Å². The van der Waals surface area contributed by atoms with Gasteiger partial charge in [0.05, 0.1) is 18.3 Å². The molecular formula is C23H24N4O2S. The number of benzene rings is 2. The molecule has 2 atom stereocenters. The maximum atomic E-state index is 12.8. The number of amides is 2. The molecule has 1 saturated heterocycles. The fourth-order valence-electron chi connectivity index (χ4n) is 3.67. The molecule has 0 aliphatic carbocycles. The molecule has 1 N–H and O–H groups in total. The van der Waals surface area contributed by atoms with Gasteiger partial charge in [0.25, 0.3) is 0 Å². The van der Waals surface area contributed by atoms with Gasteiger partial charge in [0.1, 0.15) is 0 Å². The van der Waals surface area contributed by atoms with Crippen LogP contribution in [0.25, 0.3) is 5.69 Å². The van der Waals surface area contributed by atoms with Gasteiger partial charge in [-0.25, -0.2) is 4.98 Å². The Kier molecular flexibility index (Phi) is 5.90. The minimum absolute atomic E-state index is 0.00857. The minimum atomic E-state index is -0.344. The Morgan fingerprint density at radius 3 is 2.70 bits per heavy atom. The molecule has 0 unspecified atom stereocenters. The van der Waals surface area contributed by atoms with Crippen molar-refractivity contribution in [2.24, 2.45) is 5.92 Å². The molecule has 2 aromatic carbocycles. The summed E-state index contributed by atoms with van der Waals surface area (Å²) in [6.45, 7) is 2.37. The number of hydrogen-bond acceptors (Lipinski definition) is 4. The standard InChI is InChI=1S/C23H24N4O2S/c1-16(17-6-8-19(9-7-17)26-11-10-24-15-26)25-23(29)18-12-22(28)27(14-18)20-4-3-5-21(13-20)30-2/h3-11,13,15-16,18H,12,14H2,1-2H3,(H,25,29)/t16-,18-/m0/s1. The Balaban J connectivity index is 1.39. The number of thioether (sulfide) groups is 1. The van der Waals surface area contributed by atoms with E-state index < -0.39 is 0 Å². The molecule has 1 aromatic heterocycles. The molecule has 0 radical (unpaired) electrons. The van der Waals surface area contributed by atoms with E-state index in [1.54, 1.807) is 29.2 Å². The van der Waals surface area contributed by atoms with Crippen molar-refractivity contribution < 1.29 is 9.59 Å². The summed E-state index contributed by atoms with van der Waals surface area (Å²) in [4.78, 5) is 32.2. The fourth-order valence-corrected chi connectivity index (χ4v) is 4.13. The van der Waals surface area contributed by atoms with Gasteiger partial charge in [0.2, 0.25) is 11.8 Å². The van der Waals surface area contributed by atoms with E-state index in [9.17, 15) is 9.59 Å². The van der Waals surface area contributed by atoms with Crippen LogP contribution in [0.4, 0.5) is 5.69 Å². The number of imidazole rings is 1. The molecule has 4 rings (SSSR count). The van der Waals surface area contributed by atoms with Gasteiger partial charge in [-0.15, -0.1) is 11.8 Å². The third-order valence-electron chi connectivity index (χ3n) is 5.42. The number of carbonyl (C=O) groups is 2. The van der Waals surface area contributed by atoms with Crippen LogP contribution in [0.15, 0.2) is 72.1 Å². The maximum Gasteiger partial charge on any atom is 0.227 e. The number of rotatable bonds is 6. The van der Waals surface area contributed by atoms with E-state index in [0.717, 1.165) is 21.8 Å². The summed E-state index contributed by atoms with van der Waals surface area (Å²) < 4.78 is 1.93. The smallest absolute Gasteiger partial charge is 0.227 e. The predicted molar refractivity (Wildman–Crippen MR) is 119 cm³/mol. The van der Waals surface area contributed by atoms with E-state index in [1.165, 1.54) is 0 Å². The first kappa shape index (κ1) is 20.2. The second kappa shape index (κ2) is 8.75. The summed E-state index contributed by atoms with van der Waals surface area (Å²) in [6.07, 6.45) is 7.61. The Hall–Kier alpha value is -3.06. The molecule has 3 aromatic rings. The average Bonchev–Trinajstić information content (AvgIpc) is 3.44. The number of aromatic nitrogens is 2. The Bertz CT molecular complexity index is 1030. The van der Waals surface area contributed by atoms with Crippen LogP contribution in [0.5, 0.6) is 0 Å². The zero-order chi connectivity index (χ0) is 21.1. The third kappa shape index (κ3) is 4.26. The molecule has 6 nitrogen and oxygen atoms in total. The van der Waals surface area contributed by atoms with Gasteiger partial charge in [-0.05, 0) is 49.1 Å². The first-order chi connectivity index (χ1) is 14.5. The lowest BCUT2D eigenvalue weighted by Crippen LogP contribution is -2.34. The van der Waals surface area contributed by atoms with Crippen LogP contribution >= 0.6 is 11.8 Å². The first-order valence-corrected chi connectivity index (χ1v) is 11.1. The van der Waals surface area contributed by atoms with E-state index in [1.807, 2.05) is 72.5 Å². The van der Waals surface area contributed by atoms with E-state index in [4.69, 9.17) is 0 Å². The van der Waals surface area contributed by atoms with Crippen molar-refractivity contribution in [3.63, 3.8) is 0 Å². The predicted octanol–water partition coefficient (Wildman–Crippen LogP) is 3.82. The summed E-state index contributed by atoms with van der Waals surface area (Å²) in [5.74, 6) is -0.438. The van der Waals surface area contributed by atoms with E-state index in [-0.39, 0.29) is 30.2 Å². The number of nitrogens with zero attached hydrogens (tertiary/aromatic N) is 3. The Morgan fingerprint density at radius 1 is 1.20 bits per heavy atom. The lowest BCUT2D eigenvalue weighted by molar-refractivity contribution is -0.126. The molecule has 1 fully saturated rings. The molecule has 1 aliphatic heterocycles. The van der Waals surface area contributed by atoms with Crippen molar-refractivity contribution in [3.05, 3.63) is 72.8 Å². The summed E-state index contributed by atoms with van der Waals surface area (Å²) in [5, 5.41) is 3.07. The Labute approximate surface area is 180 Å². The molecule has 0 spiro atoms. The molecule has 0 bridgehead atoms. The van der Waals surface area contributed by atoms with Crippen molar-refractivity contribution in [1.82, 2.24) is 14.9 Å². The topological polar surface area (TPSA) is 67.2 Å². The van der Waals surface area contributed by atoms with Crippen molar-refractivity contribution in [1.29, 1.82) is 0 Å². The molecule has 2 heterocycles. The lowest BCUT2D eigenvalue weighted by Gasteiger charge is -2.19. The summed E-state index contributed by atoms with van der Waals surface area (Å²) >= 11 is 1.63. The van der Waals surface area contributed by atoms with Gasteiger partial charge < -0.3 is 14.8 Å². The monoisotopic (exact) mass is 420 g/mol. The molecule has 0 saturated carbocycles. The van der Waals surface area contributed by atoms with Crippen LogP contribution in [-0.2, 0) is 9.59 Å². The van der Waals surface area contributed by atoms with Gasteiger partial charge in [-0.2, -0.15) is 0 Å². The second-order valence-corrected chi connectivity index (χ2v) is 8.28. The van der Waals surface area contributed by atoms with Crippen LogP contribution in [0.1, 0.15) is 24.9 Å². The van der Waals surface area contributed by atoms with Crippen LogP contribution in [-0.4, -0.2) is 34.2 Å². The van der Waals surface area contributed by atoms with Gasteiger partial charge in [0.15, 0.2) is 0 Å². The number of anilines is 1. The number of carbonyl (C=O) groups excluding carboxylic acids is 2. The highest BCUT2D eigenvalue weighted by Gasteiger charge is 2.35. The SMILES string of the molecule is CSc1cccc(N2C[C@@H](C(=O)N[C@@H](C)c3ccc(-n4ccnc4)cc3)CC2=O)c1. The minimum Gasteiger partial charge on any atom is -0.349 e. The highest BCUT2D eigenvalue weighted by Crippen LogP contribution is 2.28. The number of nitrogens with one attached hydrogen (secondary N) is 1. The van der Waals surface area contributed by atoms with Crippen LogP contribution < -0.4 is 10.2 Å². The number of hydrogen-bond donors (Lipinski definition) is 1. The van der Waals surface area contributed by atoms with Crippen LogP contribution in [0.3, 0.4) is 0 Å². The van der Waals surface area contributed by atoms with Crippen LogP contribution in [0.2, 0.25) is 0 Å². The molecular weight excluding hydrogens is 396 g/mol. The van der Waals surface area contributed by atoms with Gasteiger partial charge in [0, 0.05) is 41.6 Å². The fraction of sp³-hybridized carbons (Fsp3) is 0.261. The third-order valence-corrected chi connectivity index (χ3v) is 6.14. The molecule has 2 amide bonds. The molecule has 1 aliphatic rings. The zero-order valence-electron chi connectivity index (χ0n) is 17.0. The van der Waals surface area contributed by atoms with Crippen LogP contribution in [0, 0.1) is 5.92 Å². The molecule has 7 heteroatoms. The maximum absolute atomic E-state index is 12.8. The first-order valence-electron chi connectivity index (χ1n) is 9.88. The quantitative estimate of drug-likeness (QED) is 0.616. The molecule has 30 heavy (non-hydrogen) atoms. The average molecular weight is 421 g/mol. The van der Waals surface area contributed by atoms with E-state index >= 15 is 0 Å². The summed E-state index contributed by atoms with van der Waals surface area (Å²) in [5.41, 5.74) is 2.88. The zero-order valence-corrected chi connectivity index (χ0v) is 17.8. The van der Waals surface area contributed by atoms with Crippen molar-refractivity contribution >= 4 is 29.3 Å². The van der Waals surface area contributed by atoms with Crippen molar-refractivity contribution in [2.45, 2.75) is 24.3 Å². The lowest BCUT2D eigenvalue weighted by atomic mass is 10.0.